The lowest BCUT2D eigenvalue weighted by Gasteiger charge is -2.30. The highest BCUT2D eigenvalue weighted by atomic mass is 19.1. The predicted octanol–water partition coefficient (Wildman–Crippen LogP) is 5.31. The number of anilines is 2. The van der Waals surface area contributed by atoms with Crippen LogP contribution in [0.4, 0.5) is 20.6 Å². The number of fused-ring (bicyclic) bond motifs is 5. The number of rotatable bonds is 6. The number of benzene rings is 3. The minimum absolute atomic E-state index is 0.165. The van der Waals surface area contributed by atoms with Gasteiger partial charge in [0.2, 0.25) is 12.1 Å². The van der Waals surface area contributed by atoms with Crippen LogP contribution in [0.25, 0.3) is 0 Å². The van der Waals surface area contributed by atoms with Gasteiger partial charge in [0.1, 0.15) is 12.4 Å². The summed E-state index contributed by atoms with van der Waals surface area (Å²) in [6.07, 6.45) is 2.95. The molecule has 3 N–H and O–H groups in total. The molecule has 4 aliphatic rings. The maximum atomic E-state index is 15.3. The number of carbonyl (C=O) groups is 3. The van der Waals surface area contributed by atoms with Crippen LogP contribution in [0, 0.1) is 24.6 Å². The number of para-hydroxylation sites is 1. The Bertz CT molecular complexity index is 1720. The molecule has 2 saturated heterocycles. The lowest BCUT2D eigenvalue weighted by Crippen LogP contribution is -2.52. The van der Waals surface area contributed by atoms with E-state index in [1.807, 2.05) is 17.9 Å². The smallest absolute Gasteiger partial charge is 0.321 e. The Hall–Kier alpha value is -5.06. The van der Waals surface area contributed by atoms with E-state index in [-0.39, 0.29) is 23.7 Å². The molecule has 7 rings (SSSR count). The van der Waals surface area contributed by atoms with Crippen molar-refractivity contribution in [2.75, 3.05) is 29.9 Å². The molecular weight excluding hydrogens is 587 g/mol. The molecule has 3 aromatic carbocycles. The van der Waals surface area contributed by atoms with Gasteiger partial charge >= 0.3 is 6.03 Å². The summed E-state index contributed by atoms with van der Waals surface area (Å²) in [5.74, 6) is -0.406. The van der Waals surface area contributed by atoms with E-state index < -0.39 is 23.9 Å². The fourth-order valence-electron chi connectivity index (χ4n) is 6.74. The summed E-state index contributed by atoms with van der Waals surface area (Å²) < 4.78 is 15.3. The van der Waals surface area contributed by atoms with Crippen molar-refractivity contribution < 1.29 is 24.0 Å². The van der Waals surface area contributed by atoms with E-state index in [2.05, 4.69) is 20.8 Å². The van der Waals surface area contributed by atoms with Crippen LogP contribution in [0.2, 0.25) is 0 Å². The zero-order valence-corrected chi connectivity index (χ0v) is 25.9. The molecule has 3 heterocycles. The summed E-state index contributed by atoms with van der Waals surface area (Å²) >= 11 is 0. The first-order valence-corrected chi connectivity index (χ1v) is 15.6. The first kappa shape index (κ1) is 30.9. The highest BCUT2D eigenvalue weighted by Crippen LogP contribution is 2.35. The molecule has 46 heavy (non-hydrogen) atoms. The Kier molecular flexibility index (Phi) is 8.83. The third-order valence-electron chi connectivity index (χ3n) is 9.18. The van der Waals surface area contributed by atoms with Crippen LogP contribution in [0.15, 0.2) is 76.9 Å². The van der Waals surface area contributed by atoms with E-state index in [0.29, 0.717) is 58.7 Å². The minimum Gasteiger partial charge on any atom is -0.411 e. The molecule has 3 aliphatic heterocycles. The highest BCUT2D eigenvalue weighted by molar-refractivity contribution is 6.21. The summed E-state index contributed by atoms with van der Waals surface area (Å²) in [4.78, 5) is 49.6. The predicted molar refractivity (Wildman–Crippen MR) is 174 cm³/mol. The van der Waals surface area contributed by atoms with E-state index in [9.17, 15) is 14.4 Å². The highest BCUT2D eigenvalue weighted by Gasteiger charge is 2.38. The minimum atomic E-state index is -1.47. The normalized spacial score (nSPS) is 21.2. The van der Waals surface area contributed by atoms with Crippen molar-refractivity contribution >= 4 is 40.6 Å². The molecule has 1 aliphatic carbocycles. The van der Waals surface area contributed by atoms with Gasteiger partial charge in [-0.1, -0.05) is 47.6 Å². The van der Waals surface area contributed by atoms with Crippen molar-refractivity contribution in [3.05, 3.63) is 94.8 Å². The van der Waals surface area contributed by atoms with Crippen molar-refractivity contribution in [1.29, 1.82) is 0 Å². The average Bonchev–Trinajstić information content (AvgIpc) is 3.44. The van der Waals surface area contributed by atoms with E-state index in [1.54, 1.807) is 61.5 Å². The van der Waals surface area contributed by atoms with Gasteiger partial charge in [-0.15, -0.1) is 0 Å². The molecule has 10 nitrogen and oxygen atoms in total. The Morgan fingerprint density at radius 3 is 2.35 bits per heavy atom. The maximum Gasteiger partial charge on any atom is 0.321 e. The second-order valence-corrected chi connectivity index (χ2v) is 12.3. The Morgan fingerprint density at radius 2 is 1.65 bits per heavy atom. The second-order valence-electron chi connectivity index (χ2n) is 12.3. The number of hydrogen-bond acceptors (Lipinski definition) is 6. The summed E-state index contributed by atoms with van der Waals surface area (Å²) in [5, 5.41) is 17.7. The standard InChI is InChI=1S/C35H37FN6O4/c1-21-7-5-11-28-31(27-10-3-4-12-29(27)36)38-33(39-35(45)37-26-9-6-8-25(17-26)22(2)40-46)34(44)42(32(21)28)20-30(43)41-18-23-13-14-24(19-41)16-15-23/h3-12,17,23-24,33,46H,13-16,18-20H2,1-2H3,(H2,37,39,45)/b40-22+. The lowest BCUT2D eigenvalue weighted by molar-refractivity contribution is -0.132. The molecule has 238 valence electrons. The monoisotopic (exact) mass is 624 g/mol. The SMILES string of the molecule is C/C(=N\O)c1cccc(NC(=O)NC2N=C(c3ccccc3F)c3cccc(C)c3N(CC(=O)N3CC4CCC(CC4)C3)C2=O)c1. The third-order valence-corrected chi connectivity index (χ3v) is 9.18. The van der Waals surface area contributed by atoms with Gasteiger partial charge in [0, 0.05) is 35.5 Å². The lowest BCUT2D eigenvalue weighted by atomic mass is 9.84. The van der Waals surface area contributed by atoms with Crippen LogP contribution in [0.3, 0.4) is 0 Å². The van der Waals surface area contributed by atoms with Crippen molar-refractivity contribution in [2.24, 2.45) is 22.0 Å². The summed E-state index contributed by atoms with van der Waals surface area (Å²) in [7, 11) is 0. The van der Waals surface area contributed by atoms with Crippen molar-refractivity contribution in [3.63, 3.8) is 0 Å². The number of carbonyl (C=O) groups excluding carboxylic acids is 3. The number of hydrogen-bond donors (Lipinski definition) is 3. The number of amides is 4. The van der Waals surface area contributed by atoms with Crippen LogP contribution in [-0.4, -0.2) is 65.2 Å². The summed E-state index contributed by atoms with van der Waals surface area (Å²) in [6.45, 7) is 4.54. The molecule has 11 heteroatoms. The molecule has 0 aromatic heterocycles. The third kappa shape index (κ3) is 6.35. The fraction of sp³-hybridized carbons (Fsp3) is 0.343. The number of nitrogens with zero attached hydrogens (tertiary/aromatic N) is 4. The topological polar surface area (TPSA) is 127 Å². The first-order chi connectivity index (χ1) is 22.2. The molecule has 2 bridgehead atoms. The number of benzodiazepines with no additional fused rings is 1. The largest absolute Gasteiger partial charge is 0.411 e. The molecule has 1 saturated carbocycles. The summed E-state index contributed by atoms with van der Waals surface area (Å²) in [5.41, 5.74) is 3.33. The van der Waals surface area contributed by atoms with E-state index in [4.69, 9.17) is 5.21 Å². The van der Waals surface area contributed by atoms with Gasteiger partial charge in [-0.25, -0.2) is 14.2 Å². The average molecular weight is 625 g/mol. The maximum absolute atomic E-state index is 15.3. The van der Waals surface area contributed by atoms with Crippen LogP contribution in [-0.2, 0) is 9.59 Å². The second kappa shape index (κ2) is 13.1. The van der Waals surface area contributed by atoms with Gasteiger partial charge < -0.3 is 20.7 Å². The van der Waals surface area contributed by atoms with Crippen molar-refractivity contribution in [3.8, 4) is 0 Å². The van der Waals surface area contributed by atoms with E-state index >= 15 is 4.39 Å². The van der Waals surface area contributed by atoms with Crippen LogP contribution >= 0.6 is 0 Å². The van der Waals surface area contributed by atoms with Crippen LogP contribution < -0.4 is 15.5 Å². The zero-order valence-electron chi connectivity index (χ0n) is 25.9. The van der Waals surface area contributed by atoms with Gasteiger partial charge in [0.15, 0.2) is 0 Å². The zero-order chi connectivity index (χ0) is 32.4. The molecule has 4 amide bonds. The van der Waals surface area contributed by atoms with Gasteiger partial charge in [0.05, 0.1) is 17.1 Å². The van der Waals surface area contributed by atoms with Gasteiger partial charge in [-0.05, 0) is 81.2 Å². The van der Waals surface area contributed by atoms with Gasteiger partial charge in [0.25, 0.3) is 5.91 Å². The Labute approximate surface area is 267 Å². The molecule has 0 radical (unpaired) electrons. The van der Waals surface area contributed by atoms with Crippen molar-refractivity contribution in [1.82, 2.24) is 10.2 Å². The molecule has 3 fully saturated rings. The molecule has 3 aromatic rings. The molecule has 1 atom stereocenters. The van der Waals surface area contributed by atoms with E-state index in [0.717, 1.165) is 25.7 Å². The Balaban J connectivity index is 1.36. The van der Waals surface area contributed by atoms with E-state index in [1.165, 1.54) is 11.0 Å². The molecule has 0 spiro atoms. The number of oxime groups is 1. The van der Waals surface area contributed by atoms with Crippen molar-refractivity contribution in [2.45, 2.75) is 45.7 Å². The molecular formula is C35H37FN6O4. The molecule has 1 unspecified atom stereocenters. The van der Waals surface area contributed by atoms with Crippen LogP contribution in [0.1, 0.15) is 54.9 Å². The fourth-order valence-corrected chi connectivity index (χ4v) is 6.74. The number of aliphatic imine (C=N–C) groups is 1. The number of halogens is 1. The Morgan fingerprint density at radius 1 is 0.978 bits per heavy atom. The summed E-state index contributed by atoms with van der Waals surface area (Å²) in [6, 6.07) is 17.5. The quantitative estimate of drug-likeness (QED) is 0.195. The number of urea groups is 1. The van der Waals surface area contributed by atoms with Gasteiger partial charge in [-0.3, -0.25) is 14.5 Å². The first-order valence-electron chi connectivity index (χ1n) is 15.6. The van der Waals surface area contributed by atoms with Crippen LogP contribution in [0.5, 0.6) is 0 Å². The van der Waals surface area contributed by atoms with Gasteiger partial charge in [-0.2, -0.15) is 0 Å². The number of aryl methyl sites for hydroxylation is 1. The number of nitrogens with one attached hydrogen (secondary N) is 2.